The average molecular weight is 356 g/mol. The third-order valence-corrected chi connectivity index (χ3v) is 3.99. The molecule has 0 spiro atoms. The summed E-state index contributed by atoms with van der Waals surface area (Å²) in [5.41, 5.74) is 1.23. The molecule has 1 N–H and O–H groups in total. The Hall–Kier alpha value is -3.16. The maximum Gasteiger partial charge on any atom is 0.278 e. The van der Waals surface area contributed by atoms with Gasteiger partial charge in [-0.05, 0) is 24.3 Å². The van der Waals surface area contributed by atoms with Crippen LogP contribution in [0, 0.1) is 0 Å². The van der Waals surface area contributed by atoms with E-state index in [1.165, 1.54) is 26.4 Å². The highest BCUT2D eigenvalue weighted by molar-refractivity contribution is 5.95. The quantitative estimate of drug-likeness (QED) is 0.877. The number of hydrogen-bond acceptors (Lipinski definition) is 6. The summed E-state index contributed by atoms with van der Waals surface area (Å²) in [5.74, 6) is 0.430. The predicted octanol–water partition coefficient (Wildman–Crippen LogP) is 1.74. The van der Waals surface area contributed by atoms with Crippen LogP contribution in [0.3, 0.4) is 0 Å². The molecular weight excluding hydrogens is 336 g/mol. The molecule has 1 atom stereocenters. The van der Waals surface area contributed by atoms with Gasteiger partial charge in [-0.3, -0.25) is 9.59 Å². The third kappa shape index (κ3) is 4.08. The molecule has 26 heavy (non-hydrogen) atoms. The first-order valence-corrected chi connectivity index (χ1v) is 8.25. The monoisotopic (exact) mass is 356 g/mol. The molecule has 0 bridgehead atoms. The Bertz CT molecular complexity index is 794. The van der Waals surface area contributed by atoms with E-state index in [4.69, 9.17) is 9.47 Å². The maximum atomic E-state index is 12.6. The van der Waals surface area contributed by atoms with E-state index in [0.717, 1.165) is 0 Å². The Labute approximate surface area is 151 Å². The number of nitrogens with one attached hydrogen (secondary N) is 1. The molecule has 8 heteroatoms. The van der Waals surface area contributed by atoms with Gasteiger partial charge in [0.1, 0.15) is 6.10 Å². The number of hydrogen-bond donors (Lipinski definition) is 1. The van der Waals surface area contributed by atoms with E-state index in [-0.39, 0.29) is 17.9 Å². The second kappa shape index (κ2) is 7.81. The summed E-state index contributed by atoms with van der Waals surface area (Å²) in [6, 6.07) is 6.83. The molecular formula is C18H20N4O4. The van der Waals surface area contributed by atoms with Crippen LogP contribution < -0.4 is 14.8 Å². The van der Waals surface area contributed by atoms with Crippen LogP contribution in [-0.4, -0.2) is 53.0 Å². The van der Waals surface area contributed by atoms with Crippen molar-refractivity contribution in [2.24, 2.45) is 0 Å². The fraction of sp³-hybridized carbons (Fsp3) is 0.333. The number of anilines is 1. The number of carbonyl (C=O) groups is 2. The zero-order valence-corrected chi connectivity index (χ0v) is 14.6. The largest absolute Gasteiger partial charge is 0.477 e. The Kier molecular flexibility index (Phi) is 5.31. The zero-order valence-electron chi connectivity index (χ0n) is 14.6. The Morgan fingerprint density at radius 2 is 1.85 bits per heavy atom. The maximum absolute atomic E-state index is 12.6. The van der Waals surface area contributed by atoms with E-state index in [9.17, 15) is 9.59 Å². The van der Waals surface area contributed by atoms with Crippen molar-refractivity contribution in [3.8, 4) is 11.8 Å². The number of carbonyl (C=O) groups excluding carboxylic acids is 2. The topological polar surface area (TPSA) is 93.7 Å². The number of ether oxygens (including phenoxy) is 2. The standard InChI is InChI=1S/C18H20N4O4/c1-12(23)21-14-5-3-13(4-6-14)18(24)22-10-7-15(11-22)26-17-16(25-2)19-8-9-20-17/h3-6,8-9,15H,7,10-11H2,1-2H3,(H,21,23). The molecule has 2 amide bonds. The van der Waals surface area contributed by atoms with Gasteiger partial charge in [0.05, 0.1) is 13.7 Å². The summed E-state index contributed by atoms with van der Waals surface area (Å²) in [6.07, 6.45) is 3.60. The Balaban J connectivity index is 1.61. The van der Waals surface area contributed by atoms with Gasteiger partial charge in [-0.2, -0.15) is 0 Å². The van der Waals surface area contributed by atoms with Crippen LogP contribution in [0.15, 0.2) is 36.7 Å². The lowest BCUT2D eigenvalue weighted by Gasteiger charge is -2.17. The van der Waals surface area contributed by atoms with E-state index < -0.39 is 0 Å². The van der Waals surface area contributed by atoms with Gasteiger partial charge in [0, 0.05) is 43.5 Å². The summed E-state index contributed by atoms with van der Waals surface area (Å²) >= 11 is 0. The van der Waals surface area contributed by atoms with E-state index in [0.29, 0.717) is 42.5 Å². The number of likely N-dealkylation sites (tertiary alicyclic amines) is 1. The smallest absolute Gasteiger partial charge is 0.278 e. The normalized spacial score (nSPS) is 16.2. The predicted molar refractivity (Wildman–Crippen MR) is 94.3 cm³/mol. The number of methoxy groups -OCH3 is 1. The summed E-state index contributed by atoms with van der Waals surface area (Å²) in [6.45, 7) is 2.50. The van der Waals surface area contributed by atoms with Crippen molar-refractivity contribution < 1.29 is 19.1 Å². The second-order valence-electron chi connectivity index (χ2n) is 5.91. The van der Waals surface area contributed by atoms with Crippen LogP contribution in [-0.2, 0) is 4.79 Å². The molecule has 1 aromatic carbocycles. The van der Waals surface area contributed by atoms with E-state index in [1.54, 1.807) is 29.2 Å². The fourth-order valence-electron chi connectivity index (χ4n) is 2.78. The van der Waals surface area contributed by atoms with Crippen molar-refractivity contribution in [2.45, 2.75) is 19.4 Å². The highest BCUT2D eigenvalue weighted by atomic mass is 16.5. The lowest BCUT2D eigenvalue weighted by Crippen LogP contribution is -2.31. The fourth-order valence-corrected chi connectivity index (χ4v) is 2.78. The summed E-state index contributed by atoms with van der Waals surface area (Å²) in [7, 11) is 1.51. The number of aromatic nitrogens is 2. The molecule has 1 aliphatic heterocycles. The van der Waals surface area contributed by atoms with Crippen molar-refractivity contribution in [1.29, 1.82) is 0 Å². The van der Waals surface area contributed by atoms with Gasteiger partial charge in [-0.1, -0.05) is 0 Å². The molecule has 0 aliphatic carbocycles. The molecule has 1 unspecified atom stereocenters. The minimum atomic E-state index is -0.164. The molecule has 3 rings (SSSR count). The minimum Gasteiger partial charge on any atom is -0.477 e. The number of rotatable bonds is 5. The lowest BCUT2D eigenvalue weighted by molar-refractivity contribution is -0.114. The van der Waals surface area contributed by atoms with Gasteiger partial charge in [0.25, 0.3) is 17.7 Å². The first-order valence-electron chi connectivity index (χ1n) is 8.25. The van der Waals surface area contributed by atoms with E-state index in [1.807, 2.05) is 0 Å². The van der Waals surface area contributed by atoms with Crippen molar-refractivity contribution in [2.75, 3.05) is 25.5 Å². The molecule has 0 radical (unpaired) electrons. The van der Waals surface area contributed by atoms with Crippen LogP contribution in [0.5, 0.6) is 11.8 Å². The van der Waals surface area contributed by atoms with Gasteiger partial charge >= 0.3 is 0 Å². The van der Waals surface area contributed by atoms with Crippen LogP contribution in [0.25, 0.3) is 0 Å². The molecule has 1 saturated heterocycles. The van der Waals surface area contributed by atoms with Crippen molar-refractivity contribution >= 4 is 17.5 Å². The van der Waals surface area contributed by atoms with Gasteiger partial charge < -0.3 is 19.7 Å². The van der Waals surface area contributed by atoms with Crippen LogP contribution >= 0.6 is 0 Å². The van der Waals surface area contributed by atoms with Crippen LogP contribution in [0.2, 0.25) is 0 Å². The van der Waals surface area contributed by atoms with Gasteiger partial charge in [-0.15, -0.1) is 0 Å². The lowest BCUT2D eigenvalue weighted by atomic mass is 10.2. The number of amides is 2. The molecule has 1 aliphatic rings. The molecule has 0 saturated carbocycles. The average Bonchev–Trinajstić information content (AvgIpc) is 3.10. The molecule has 136 valence electrons. The molecule has 8 nitrogen and oxygen atoms in total. The molecule has 1 fully saturated rings. The van der Waals surface area contributed by atoms with Crippen molar-refractivity contribution in [1.82, 2.24) is 14.9 Å². The van der Waals surface area contributed by atoms with Crippen molar-refractivity contribution in [3.63, 3.8) is 0 Å². The third-order valence-electron chi connectivity index (χ3n) is 3.99. The molecule has 1 aromatic heterocycles. The summed E-state index contributed by atoms with van der Waals surface area (Å²) in [4.78, 5) is 33.6. The number of nitrogens with zero attached hydrogens (tertiary/aromatic N) is 3. The van der Waals surface area contributed by atoms with E-state index in [2.05, 4.69) is 15.3 Å². The van der Waals surface area contributed by atoms with Gasteiger partial charge in [0.15, 0.2) is 0 Å². The first-order chi connectivity index (χ1) is 12.6. The van der Waals surface area contributed by atoms with E-state index >= 15 is 0 Å². The number of benzene rings is 1. The molecule has 2 aromatic rings. The molecule has 2 heterocycles. The SMILES string of the molecule is COc1nccnc1OC1CCN(C(=O)c2ccc(NC(C)=O)cc2)C1. The summed E-state index contributed by atoms with van der Waals surface area (Å²) < 4.78 is 11.0. The minimum absolute atomic E-state index is 0.0726. The second-order valence-corrected chi connectivity index (χ2v) is 5.91. The van der Waals surface area contributed by atoms with Crippen LogP contribution in [0.4, 0.5) is 5.69 Å². The first kappa shape index (κ1) is 17.7. The highest BCUT2D eigenvalue weighted by Gasteiger charge is 2.29. The van der Waals surface area contributed by atoms with Crippen LogP contribution in [0.1, 0.15) is 23.7 Å². The Morgan fingerprint density at radius 3 is 2.50 bits per heavy atom. The van der Waals surface area contributed by atoms with Gasteiger partial charge in [0.2, 0.25) is 5.91 Å². The summed E-state index contributed by atoms with van der Waals surface area (Å²) in [5, 5.41) is 2.68. The van der Waals surface area contributed by atoms with Crippen molar-refractivity contribution in [3.05, 3.63) is 42.2 Å². The highest BCUT2D eigenvalue weighted by Crippen LogP contribution is 2.24. The zero-order chi connectivity index (χ0) is 18.5. The van der Waals surface area contributed by atoms with Gasteiger partial charge in [-0.25, -0.2) is 9.97 Å². The Morgan fingerprint density at radius 1 is 1.15 bits per heavy atom.